The summed E-state index contributed by atoms with van der Waals surface area (Å²) >= 11 is 0. The third-order valence-corrected chi connectivity index (χ3v) is 5.58. The molecule has 3 aromatic rings. The number of rotatable bonds is 4. The smallest absolute Gasteiger partial charge is 0.341 e. The topological polar surface area (TPSA) is 95.5 Å². The van der Waals surface area contributed by atoms with Gasteiger partial charge in [-0.15, -0.1) is 0 Å². The van der Waals surface area contributed by atoms with E-state index < -0.39 is 17.2 Å². The summed E-state index contributed by atoms with van der Waals surface area (Å²) in [5.41, 5.74) is 2.27. The molecule has 1 aromatic carbocycles. The number of hydrogen-bond acceptors (Lipinski definition) is 5. The first-order chi connectivity index (χ1) is 15.2. The van der Waals surface area contributed by atoms with E-state index in [1.807, 2.05) is 26.0 Å². The van der Waals surface area contributed by atoms with Crippen molar-refractivity contribution in [2.75, 3.05) is 19.8 Å². The zero-order valence-electron chi connectivity index (χ0n) is 18.1. The van der Waals surface area contributed by atoms with Crippen molar-refractivity contribution in [3.8, 4) is 0 Å². The maximum absolute atomic E-state index is 13.7. The number of aromatic nitrogens is 2. The minimum absolute atomic E-state index is 0.157. The first-order valence-corrected chi connectivity index (χ1v) is 10.3. The number of amides is 1. The molecule has 0 saturated carbocycles. The van der Waals surface area contributed by atoms with E-state index in [4.69, 9.17) is 9.84 Å². The number of H-pyrrole nitrogens is 1. The van der Waals surface area contributed by atoms with Crippen LogP contribution in [0.25, 0.3) is 16.6 Å². The molecule has 8 heteroatoms. The lowest BCUT2D eigenvalue weighted by atomic mass is 9.82. The lowest BCUT2D eigenvalue weighted by Crippen LogP contribution is -2.37. The first kappa shape index (κ1) is 21.7. The van der Waals surface area contributed by atoms with Crippen molar-refractivity contribution >= 4 is 28.5 Å². The SMILES string of the molecule is Cc1cc(C(=O)N2C=C(C(=O)OCCO)c3[nH]c4ncccc4c3C(C)(C)C2)ccc1F. The highest BCUT2D eigenvalue weighted by Gasteiger charge is 2.37. The van der Waals surface area contributed by atoms with E-state index >= 15 is 0 Å². The molecule has 0 unspecified atom stereocenters. The van der Waals surface area contributed by atoms with E-state index in [0.29, 0.717) is 22.5 Å². The van der Waals surface area contributed by atoms with Gasteiger partial charge in [-0.1, -0.05) is 13.8 Å². The lowest BCUT2D eigenvalue weighted by molar-refractivity contribution is -0.137. The molecular weight excluding hydrogens is 413 g/mol. The fraction of sp³-hybridized carbons (Fsp3) is 0.292. The number of nitrogens with zero attached hydrogens (tertiary/aromatic N) is 2. The third-order valence-electron chi connectivity index (χ3n) is 5.58. The summed E-state index contributed by atoms with van der Waals surface area (Å²) in [6.45, 7) is 5.35. The number of aliphatic hydroxyl groups is 1. The highest BCUT2D eigenvalue weighted by molar-refractivity contribution is 6.18. The van der Waals surface area contributed by atoms with Crippen molar-refractivity contribution in [3.05, 3.63) is 70.9 Å². The Kier molecular flexibility index (Phi) is 5.56. The highest BCUT2D eigenvalue weighted by Crippen LogP contribution is 2.40. The number of carbonyl (C=O) groups is 2. The van der Waals surface area contributed by atoms with Crippen molar-refractivity contribution in [2.24, 2.45) is 0 Å². The molecule has 2 aromatic heterocycles. The van der Waals surface area contributed by atoms with E-state index in [1.165, 1.54) is 29.3 Å². The van der Waals surface area contributed by atoms with Crippen LogP contribution in [0, 0.1) is 12.7 Å². The van der Waals surface area contributed by atoms with Gasteiger partial charge in [0.25, 0.3) is 5.91 Å². The van der Waals surface area contributed by atoms with Gasteiger partial charge in [0.2, 0.25) is 0 Å². The van der Waals surface area contributed by atoms with Gasteiger partial charge in [-0.25, -0.2) is 14.2 Å². The number of aromatic amines is 1. The van der Waals surface area contributed by atoms with Crippen LogP contribution in [-0.2, 0) is 14.9 Å². The number of aryl methyl sites for hydroxylation is 1. The van der Waals surface area contributed by atoms with Gasteiger partial charge >= 0.3 is 5.97 Å². The molecule has 1 amide bonds. The van der Waals surface area contributed by atoms with Crippen LogP contribution in [-0.4, -0.2) is 51.6 Å². The molecule has 2 N–H and O–H groups in total. The van der Waals surface area contributed by atoms with Gasteiger partial charge < -0.3 is 19.7 Å². The molecule has 0 radical (unpaired) electrons. The van der Waals surface area contributed by atoms with Gasteiger partial charge in [-0.3, -0.25) is 4.79 Å². The number of hydrogen-bond donors (Lipinski definition) is 2. The fourth-order valence-corrected chi connectivity index (χ4v) is 4.14. The molecule has 0 saturated heterocycles. The Morgan fingerprint density at radius 1 is 1.31 bits per heavy atom. The molecule has 4 rings (SSSR count). The Hall–Kier alpha value is -3.52. The van der Waals surface area contributed by atoms with E-state index in [-0.39, 0.29) is 31.2 Å². The third kappa shape index (κ3) is 3.78. The Morgan fingerprint density at radius 3 is 2.81 bits per heavy atom. The first-order valence-electron chi connectivity index (χ1n) is 10.3. The number of carbonyl (C=O) groups excluding carboxylic acids is 2. The number of pyridine rings is 1. The summed E-state index contributed by atoms with van der Waals surface area (Å²) in [7, 11) is 0. The molecule has 0 bridgehead atoms. The number of fused-ring (bicyclic) bond motifs is 3. The van der Waals surface area contributed by atoms with Crippen LogP contribution >= 0.6 is 0 Å². The van der Waals surface area contributed by atoms with Crippen molar-refractivity contribution < 1.29 is 23.8 Å². The quantitative estimate of drug-likeness (QED) is 0.611. The molecule has 3 heterocycles. The average Bonchev–Trinajstić information content (AvgIpc) is 3.11. The molecule has 32 heavy (non-hydrogen) atoms. The Labute approximate surface area is 184 Å². The summed E-state index contributed by atoms with van der Waals surface area (Å²) in [6.07, 6.45) is 3.12. The standard InChI is InChI=1S/C24H24FN3O4/c1-14-11-15(6-7-18(14)25)22(30)28-12-17(23(31)32-10-9-29)20-19(24(2,3)13-28)16-5-4-8-26-21(16)27-20/h4-8,11-12,29H,9-10,13H2,1-3H3,(H,26,27). The Bertz CT molecular complexity index is 1250. The predicted octanol–water partition coefficient (Wildman–Crippen LogP) is 3.32. The van der Waals surface area contributed by atoms with Crippen LogP contribution in [0.5, 0.6) is 0 Å². The number of esters is 1. The lowest BCUT2D eigenvalue weighted by Gasteiger charge is -2.29. The van der Waals surface area contributed by atoms with E-state index in [2.05, 4.69) is 9.97 Å². The van der Waals surface area contributed by atoms with Crippen molar-refractivity contribution in [3.63, 3.8) is 0 Å². The number of nitrogens with one attached hydrogen (secondary N) is 1. The molecule has 0 aliphatic carbocycles. The van der Waals surface area contributed by atoms with Gasteiger partial charge in [-0.05, 0) is 48.4 Å². The molecule has 166 valence electrons. The minimum Gasteiger partial charge on any atom is -0.460 e. The zero-order valence-corrected chi connectivity index (χ0v) is 18.1. The van der Waals surface area contributed by atoms with Crippen LogP contribution in [0.4, 0.5) is 4.39 Å². The van der Waals surface area contributed by atoms with E-state index in [9.17, 15) is 14.0 Å². The normalized spacial score (nSPS) is 15.2. The number of halogens is 1. The maximum atomic E-state index is 13.7. The van der Waals surface area contributed by atoms with Gasteiger partial charge in [0.05, 0.1) is 17.9 Å². The van der Waals surface area contributed by atoms with Crippen molar-refractivity contribution in [2.45, 2.75) is 26.2 Å². The summed E-state index contributed by atoms with van der Waals surface area (Å²) in [5.74, 6) is -1.42. The largest absolute Gasteiger partial charge is 0.460 e. The van der Waals surface area contributed by atoms with Gasteiger partial charge in [-0.2, -0.15) is 0 Å². The van der Waals surface area contributed by atoms with E-state index in [0.717, 1.165) is 10.9 Å². The zero-order chi connectivity index (χ0) is 23.0. The van der Waals surface area contributed by atoms with Crippen LogP contribution in [0.3, 0.4) is 0 Å². The van der Waals surface area contributed by atoms with Crippen molar-refractivity contribution in [1.82, 2.24) is 14.9 Å². The number of benzene rings is 1. The average molecular weight is 437 g/mol. The second-order valence-electron chi connectivity index (χ2n) is 8.46. The summed E-state index contributed by atoms with van der Waals surface area (Å²) in [5, 5.41) is 9.94. The molecular formula is C24H24FN3O4. The second kappa shape index (κ2) is 8.20. The molecule has 0 fully saturated rings. The van der Waals surface area contributed by atoms with Crippen LogP contribution < -0.4 is 0 Å². The van der Waals surface area contributed by atoms with Crippen LogP contribution in [0.2, 0.25) is 0 Å². The minimum atomic E-state index is -0.669. The molecule has 1 aliphatic rings. The van der Waals surface area contributed by atoms with Gasteiger partial charge in [0.1, 0.15) is 18.1 Å². The van der Waals surface area contributed by atoms with Gasteiger partial charge in [0.15, 0.2) is 0 Å². The van der Waals surface area contributed by atoms with Gasteiger partial charge in [0, 0.05) is 35.3 Å². The van der Waals surface area contributed by atoms with Crippen LogP contribution in [0.15, 0.2) is 42.7 Å². The van der Waals surface area contributed by atoms with Crippen molar-refractivity contribution in [1.29, 1.82) is 0 Å². The maximum Gasteiger partial charge on any atom is 0.341 e. The molecule has 0 spiro atoms. The summed E-state index contributed by atoms with van der Waals surface area (Å²) in [4.78, 5) is 35.3. The Morgan fingerprint density at radius 2 is 2.09 bits per heavy atom. The highest BCUT2D eigenvalue weighted by atomic mass is 19.1. The Balaban J connectivity index is 1.87. The monoisotopic (exact) mass is 437 g/mol. The molecule has 7 nitrogen and oxygen atoms in total. The predicted molar refractivity (Wildman–Crippen MR) is 117 cm³/mol. The van der Waals surface area contributed by atoms with Crippen LogP contribution in [0.1, 0.15) is 41.0 Å². The number of aliphatic hydroxyl groups excluding tert-OH is 1. The fourth-order valence-electron chi connectivity index (χ4n) is 4.14. The molecule has 0 atom stereocenters. The number of ether oxygens (including phenoxy) is 1. The summed E-state index contributed by atoms with van der Waals surface area (Å²) < 4.78 is 18.9. The van der Waals surface area contributed by atoms with E-state index in [1.54, 1.807) is 13.1 Å². The summed E-state index contributed by atoms with van der Waals surface area (Å²) in [6, 6.07) is 7.91. The molecule has 1 aliphatic heterocycles. The second-order valence-corrected chi connectivity index (χ2v) is 8.46.